The molecule has 6 heteroatoms. The standard InChI is InChI=1S/C9H11BrClN3O/c1-13(2)9(15)14(12)6-3-4-7(10)8(11)5-6/h3-5H,12H2,1-2H3. The van der Waals surface area contributed by atoms with E-state index in [0.717, 1.165) is 9.48 Å². The summed E-state index contributed by atoms with van der Waals surface area (Å²) in [7, 11) is 3.26. The minimum Gasteiger partial charge on any atom is -0.329 e. The molecule has 82 valence electrons. The molecular weight excluding hydrogens is 281 g/mol. The molecule has 1 aromatic carbocycles. The minimum atomic E-state index is -0.312. The summed E-state index contributed by atoms with van der Waals surface area (Å²) < 4.78 is 0.763. The van der Waals surface area contributed by atoms with E-state index in [9.17, 15) is 4.79 Å². The highest BCUT2D eigenvalue weighted by Crippen LogP contribution is 2.26. The van der Waals surface area contributed by atoms with Crippen LogP contribution in [0.25, 0.3) is 0 Å². The molecule has 0 fully saturated rings. The van der Waals surface area contributed by atoms with Gasteiger partial charge in [-0.1, -0.05) is 11.6 Å². The number of amides is 2. The zero-order valence-electron chi connectivity index (χ0n) is 8.37. The SMILES string of the molecule is CN(C)C(=O)N(N)c1ccc(Br)c(Cl)c1. The maximum atomic E-state index is 11.5. The maximum Gasteiger partial charge on any atom is 0.338 e. The molecule has 0 radical (unpaired) electrons. The summed E-state index contributed by atoms with van der Waals surface area (Å²) in [5, 5.41) is 1.55. The molecule has 0 unspecified atom stereocenters. The quantitative estimate of drug-likeness (QED) is 0.491. The number of nitrogens with two attached hydrogens (primary N) is 1. The molecular formula is C9H11BrClN3O. The molecule has 0 aliphatic carbocycles. The molecule has 2 amide bonds. The highest BCUT2D eigenvalue weighted by Gasteiger charge is 2.14. The molecule has 0 aliphatic heterocycles. The van der Waals surface area contributed by atoms with E-state index in [4.69, 9.17) is 17.4 Å². The van der Waals surface area contributed by atoms with E-state index in [1.54, 1.807) is 32.3 Å². The number of nitrogens with zero attached hydrogens (tertiary/aromatic N) is 2. The van der Waals surface area contributed by atoms with Crippen molar-refractivity contribution in [2.24, 2.45) is 5.84 Å². The second kappa shape index (κ2) is 4.83. The lowest BCUT2D eigenvalue weighted by Crippen LogP contribution is -2.44. The van der Waals surface area contributed by atoms with E-state index in [0.29, 0.717) is 10.7 Å². The van der Waals surface area contributed by atoms with Crippen LogP contribution in [0.5, 0.6) is 0 Å². The first-order valence-corrected chi connectivity index (χ1v) is 5.31. The predicted molar refractivity (Wildman–Crippen MR) is 64.9 cm³/mol. The van der Waals surface area contributed by atoms with Crippen LogP contribution in [-0.2, 0) is 0 Å². The summed E-state index contributed by atoms with van der Waals surface area (Å²) in [6.07, 6.45) is 0. The number of rotatable bonds is 1. The smallest absolute Gasteiger partial charge is 0.329 e. The molecule has 15 heavy (non-hydrogen) atoms. The number of hydrogen-bond donors (Lipinski definition) is 1. The number of anilines is 1. The second-order valence-electron chi connectivity index (χ2n) is 3.15. The number of halogens is 2. The first-order valence-electron chi connectivity index (χ1n) is 4.14. The Bertz CT molecular complexity index is 384. The van der Waals surface area contributed by atoms with Crippen molar-refractivity contribution in [2.45, 2.75) is 0 Å². The third-order valence-corrected chi connectivity index (χ3v) is 3.00. The van der Waals surface area contributed by atoms with Gasteiger partial charge in [0.25, 0.3) is 0 Å². The van der Waals surface area contributed by atoms with Gasteiger partial charge in [0.2, 0.25) is 0 Å². The van der Waals surface area contributed by atoms with Gasteiger partial charge in [-0.3, -0.25) is 0 Å². The number of benzene rings is 1. The topological polar surface area (TPSA) is 49.6 Å². The Kier molecular flexibility index (Phi) is 3.96. The van der Waals surface area contributed by atoms with E-state index < -0.39 is 0 Å². The van der Waals surface area contributed by atoms with Gasteiger partial charge in [0, 0.05) is 18.6 Å². The van der Waals surface area contributed by atoms with Crippen molar-refractivity contribution in [3.05, 3.63) is 27.7 Å². The molecule has 0 saturated carbocycles. The molecule has 0 spiro atoms. The van der Waals surface area contributed by atoms with Crippen LogP contribution in [0.1, 0.15) is 0 Å². The van der Waals surface area contributed by atoms with Crippen molar-refractivity contribution in [2.75, 3.05) is 19.1 Å². The van der Waals surface area contributed by atoms with Crippen LogP contribution in [-0.4, -0.2) is 25.0 Å². The summed E-state index contributed by atoms with van der Waals surface area (Å²) in [6, 6.07) is 4.75. The third-order valence-electron chi connectivity index (χ3n) is 1.77. The molecule has 0 heterocycles. The Hall–Kier alpha value is -0.780. The van der Waals surface area contributed by atoms with Crippen LogP contribution in [0.15, 0.2) is 22.7 Å². The fourth-order valence-electron chi connectivity index (χ4n) is 0.961. The summed E-state index contributed by atoms with van der Waals surface area (Å²) in [5.41, 5.74) is 0.543. The zero-order chi connectivity index (χ0) is 11.6. The lowest BCUT2D eigenvalue weighted by atomic mass is 10.3. The lowest BCUT2D eigenvalue weighted by molar-refractivity contribution is 0.224. The van der Waals surface area contributed by atoms with Gasteiger partial charge in [0.1, 0.15) is 0 Å². The van der Waals surface area contributed by atoms with Crippen molar-refractivity contribution in [1.82, 2.24) is 4.90 Å². The Morgan fingerprint density at radius 1 is 1.47 bits per heavy atom. The number of urea groups is 1. The van der Waals surface area contributed by atoms with Gasteiger partial charge in [-0.25, -0.2) is 15.6 Å². The van der Waals surface area contributed by atoms with Gasteiger partial charge in [-0.05, 0) is 34.1 Å². The van der Waals surface area contributed by atoms with Crippen LogP contribution in [0.4, 0.5) is 10.5 Å². The number of hydrogen-bond acceptors (Lipinski definition) is 2. The fraction of sp³-hybridized carbons (Fsp3) is 0.222. The molecule has 2 N–H and O–H groups in total. The van der Waals surface area contributed by atoms with E-state index in [-0.39, 0.29) is 6.03 Å². The van der Waals surface area contributed by atoms with Gasteiger partial charge < -0.3 is 4.90 Å². The van der Waals surface area contributed by atoms with Crippen LogP contribution in [0.3, 0.4) is 0 Å². The number of hydrazine groups is 1. The molecule has 0 aliphatic rings. The Balaban J connectivity index is 2.97. The molecule has 1 aromatic rings. The van der Waals surface area contributed by atoms with Crippen LogP contribution in [0.2, 0.25) is 5.02 Å². The monoisotopic (exact) mass is 291 g/mol. The number of carbonyl (C=O) groups excluding carboxylic acids is 1. The Morgan fingerprint density at radius 2 is 2.07 bits per heavy atom. The van der Waals surface area contributed by atoms with E-state index in [1.807, 2.05) is 0 Å². The van der Waals surface area contributed by atoms with Gasteiger partial charge >= 0.3 is 6.03 Å². The van der Waals surface area contributed by atoms with E-state index >= 15 is 0 Å². The van der Waals surface area contributed by atoms with Gasteiger partial charge in [0.15, 0.2) is 0 Å². The molecule has 4 nitrogen and oxygen atoms in total. The average molecular weight is 293 g/mol. The maximum absolute atomic E-state index is 11.5. The van der Waals surface area contributed by atoms with Crippen LogP contribution < -0.4 is 10.9 Å². The molecule has 0 aromatic heterocycles. The minimum absolute atomic E-state index is 0.312. The van der Waals surface area contributed by atoms with E-state index in [1.165, 1.54) is 4.90 Å². The van der Waals surface area contributed by atoms with Crippen LogP contribution >= 0.6 is 27.5 Å². The molecule has 0 bridgehead atoms. The van der Waals surface area contributed by atoms with Crippen molar-refractivity contribution >= 4 is 39.2 Å². The van der Waals surface area contributed by atoms with E-state index in [2.05, 4.69) is 15.9 Å². The van der Waals surface area contributed by atoms with Crippen LogP contribution in [0, 0.1) is 0 Å². The first kappa shape index (κ1) is 12.3. The summed E-state index contributed by atoms with van der Waals surface area (Å²) >= 11 is 9.15. The summed E-state index contributed by atoms with van der Waals surface area (Å²) in [5.74, 6) is 5.63. The normalized spacial score (nSPS) is 9.93. The highest BCUT2D eigenvalue weighted by molar-refractivity contribution is 9.10. The van der Waals surface area contributed by atoms with Crippen molar-refractivity contribution < 1.29 is 4.79 Å². The van der Waals surface area contributed by atoms with Crippen molar-refractivity contribution in [3.63, 3.8) is 0 Å². The zero-order valence-corrected chi connectivity index (χ0v) is 10.7. The highest BCUT2D eigenvalue weighted by atomic mass is 79.9. The first-order chi connectivity index (χ1) is 6.93. The fourth-order valence-corrected chi connectivity index (χ4v) is 1.38. The van der Waals surface area contributed by atoms with Gasteiger partial charge in [0.05, 0.1) is 10.7 Å². The molecule has 0 atom stereocenters. The van der Waals surface area contributed by atoms with Gasteiger partial charge in [-0.15, -0.1) is 0 Å². The largest absolute Gasteiger partial charge is 0.338 e. The number of carbonyl (C=O) groups is 1. The summed E-state index contributed by atoms with van der Waals surface area (Å²) in [4.78, 5) is 12.9. The third kappa shape index (κ3) is 2.84. The van der Waals surface area contributed by atoms with Gasteiger partial charge in [-0.2, -0.15) is 0 Å². The molecule has 1 rings (SSSR count). The second-order valence-corrected chi connectivity index (χ2v) is 4.41. The summed E-state index contributed by atoms with van der Waals surface area (Å²) in [6.45, 7) is 0. The Morgan fingerprint density at radius 3 is 2.53 bits per heavy atom. The molecule has 0 saturated heterocycles. The Labute approximate surface area is 102 Å². The average Bonchev–Trinajstić information content (AvgIpc) is 2.19. The predicted octanol–water partition coefficient (Wildman–Crippen LogP) is 2.46. The lowest BCUT2D eigenvalue weighted by Gasteiger charge is -2.21. The van der Waals surface area contributed by atoms with Crippen molar-refractivity contribution in [3.8, 4) is 0 Å². The van der Waals surface area contributed by atoms with Crippen molar-refractivity contribution in [1.29, 1.82) is 0 Å².